The van der Waals surface area contributed by atoms with Gasteiger partial charge in [-0.15, -0.1) is 22.6 Å². The van der Waals surface area contributed by atoms with Gasteiger partial charge in [-0.1, -0.05) is 11.6 Å². The fraction of sp³-hybridized carbons (Fsp3) is 0.364. The molecule has 2 aliphatic rings. The Hall–Kier alpha value is -2.22. The maximum absolute atomic E-state index is 13.4. The first-order chi connectivity index (χ1) is 14.6. The van der Waals surface area contributed by atoms with E-state index in [1.165, 1.54) is 12.1 Å². The third-order valence-corrected chi connectivity index (χ3v) is 6.05. The molecule has 0 amide bonds. The van der Waals surface area contributed by atoms with Crippen molar-refractivity contribution in [2.24, 2.45) is 0 Å². The van der Waals surface area contributed by atoms with E-state index in [2.05, 4.69) is 20.1 Å². The van der Waals surface area contributed by atoms with Crippen molar-refractivity contribution in [3.8, 4) is 11.4 Å². The highest BCUT2D eigenvalue weighted by molar-refractivity contribution is 6.30. The lowest BCUT2D eigenvalue weighted by Crippen LogP contribution is -2.25. The van der Waals surface area contributed by atoms with Gasteiger partial charge in [-0.25, -0.2) is 8.78 Å². The van der Waals surface area contributed by atoms with Crippen molar-refractivity contribution < 1.29 is 13.5 Å². The molecule has 0 radical (unpaired) electrons. The van der Waals surface area contributed by atoms with E-state index in [0.717, 1.165) is 61.2 Å². The molecule has 1 aromatic heterocycles. The van der Waals surface area contributed by atoms with Gasteiger partial charge in [0.05, 0.1) is 18.3 Å². The number of rotatable bonds is 3. The van der Waals surface area contributed by atoms with E-state index >= 15 is 0 Å². The number of halogens is 4. The zero-order valence-electron chi connectivity index (χ0n) is 16.7. The minimum Gasteiger partial charge on any atom is -0.490 e. The van der Waals surface area contributed by atoms with Crippen molar-refractivity contribution in [2.45, 2.75) is 50.8 Å². The Kier molecular flexibility index (Phi) is 6.46. The van der Waals surface area contributed by atoms with E-state index in [9.17, 15) is 8.78 Å². The Bertz CT molecular complexity index is 1060. The summed E-state index contributed by atoms with van der Waals surface area (Å²) in [7, 11) is 0. The summed E-state index contributed by atoms with van der Waals surface area (Å²) in [4.78, 5) is 0. The van der Waals surface area contributed by atoms with E-state index in [1.807, 2.05) is 18.2 Å². The zero-order valence-corrected chi connectivity index (χ0v) is 18.2. The van der Waals surface area contributed by atoms with Crippen LogP contribution < -0.4 is 10.1 Å². The summed E-state index contributed by atoms with van der Waals surface area (Å²) in [5.41, 5.74) is 2.18. The summed E-state index contributed by atoms with van der Waals surface area (Å²) >= 11 is 6.19. The van der Waals surface area contributed by atoms with Gasteiger partial charge in [-0.05, 0) is 49.4 Å². The number of nitrogens with zero attached hydrogens (tertiary/aromatic N) is 3. The molecule has 0 unspecified atom stereocenters. The average Bonchev–Trinajstić information content (AvgIpc) is 3.03. The second-order valence-corrected chi connectivity index (χ2v) is 8.32. The van der Waals surface area contributed by atoms with E-state index in [4.69, 9.17) is 16.3 Å². The number of ether oxygens (including phenoxy) is 1. The van der Waals surface area contributed by atoms with Gasteiger partial charge >= 0.3 is 0 Å². The molecule has 1 fully saturated rings. The summed E-state index contributed by atoms with van der Waals surface area (Å²) in [6.07, 6.45) is 3.25. The summed E-state index contributed by atoms with van der Waals surface area (Å²) in [5.74, 6) is 1.07. The highest BCUT2D eigenvalue weighted by Gasteiger charge is 2.30. The largest absolute Gasteiger partial charge is 0.490 e. The molecule has 0 saturated heterocycles. The van der Waals surface area contributed by atoms with Crippen LogP contribution in [0, 0.1) is 11.6 Å². The second-order valence-electron chi connectivity index (χ2n) is 7.88. The Labute approximate surface area is 190 Å². The van der Waals surface area contributed by atoms with Crippen LogP contribution in [0.5, 0.6) is 5.75 Å². The molecular weight excluding hydrogens is 445 g/mol. The van der Waals surface area contributed by atoms with Crippen LogP contribution in [0.4, 0.5) is 8.78 Å². The summed E-state index contributed by atoms with van der Waals surface area (Å²) in [5, 5.41) is 13.0. The quantitative estimate of drug-likeness (QED) is 0.566. The van der Waals surface area contributed by atoms with Gasteiger partial charge in [0.25, 0.3) is 0 Å². The van der Waals surface area contributed by atoms with E-state index < -0.39 is 11.6 Å². The first kappa shape index (κ1) is 22.0. The molecule has 0 bridgehead atoms. The topological polar surface area (TPSA) is 52.0 Å². The van der Waals surface area contributed by atoms with Crippen LogP contribution in [0.25, 0.3) is 5.69 Å². The van der Waals surface area contributed by atoms with Crippen LogP contribution in [0.3, 0.4) is 0 Å². The van der Waals surface area contributed by atoms with Crippen LogP contribution in [-0.2, 0) is 13.1 Å². The molecule has 1 aliphatic heterocycles. The Balaban J connectivity index is 0.00000231. The molecule has 5 nitrogen and oxygen atoms in total. The fourth-order valence-electron chi connectivity index (χ4n) is 4.42. The second kappa shape index (κ2) is 9.10. The highest BCUT2D eigenvalue weighted by atomic mass is 35.5. The normalized spacial score (nSPS) is 20.2. The lowest BCUT2D eigenvalue weighted by molar-refractivity contribution is 0.143. The maximum Gasteiger partial charge on any atom is 0.151 e. The van der Waals surface area contributed by atoms with Gasteiger partial charge in [0.1, 0.15) is 23.2 Å². The molecule has 3 aromatic rings. The van der Waals surface area contributed by atoms with Gasteiger partial charge in [-0.3, -0.25) is 4.57 Å². The summed E-state index contributed by atoms with van der Waals surface area (Å²) < 4.78 is 34.8. The SMILES string of the molecule is Cl.Fc1cc(F)cc(O[C@H]2CC[C@H](c3nnc4n3-c3ccc(Cl)cc3CNC4)CC2)c1. The van der Waals surface area contributed by atoms with Gasteiger partial charge in [0.2, 0.25) is 0 Å². The number of aromatic nitrogens is 3. The average molecular weight is 467 g/mol. The molecular formula is C22H22Cl2F2N4O. The number of fused-ring (bicyclic) bond motifs is 3. The van der Waals surface area contributed by atoms with E-state index in [-0.39, 0.29) is 30.2 Å². The first-order valence-corrected chi connectivity index (χ1v) is 10.5. The van der Waals surface area contributed by atoms with Crippen molar-refractivity contribution >= 4 is 24.0 Å². The molecule has 0 spiro atoms. The molecule has 2 aromatic carbocycles. The van der Waals surface area contributed by atoms with Gasteiger partial charge in [0.15, 0.2) is 5.82 Å². The van der Waals surface area contributed by atoms with E-state index in [1.54, 1.807) is 0 Å². The third-order valence-electron chi connectivity index (χ3n) is 5.81. The summed E-state index contributed by atoms with van der Waals surface area (Å²) in [6, 6.07) is 9.19. The standard InChI is InChI=1S/C22H21ClF2N4O.ClH/c23-15-3-6-20-14(7-15)11-26-12-21-27-28-22(29(20)21)13-1-4-18(5-2-13)30-19-9-16(24)8-17(25)10-19;/h3,6-10,13,18,26H,1-2,4-5,11-12H2;1H/t13-,18-;. The first-order valence-electron chi connectivity index (χ1n) is 10.1. The smallest absolute Gasteiger partial charge is 0.151 e. The highest BCUT2D eigenvalue weighted by Crippen LogP contribution is 2.36. The summed E-state index contributed by atoms with van der Waals surface area (Å²) in [6.45, 7) is 1.37. The number of nitrogens with one attached hydrogen (secondary N) is 1. The molecule has 5 rings (SSSR count). The van der Waals surface area contributed by atoms with Gasteiger partial charge in [0, 0.05) is 35.7 Å². The number of hydrogen-bond acceptors (Lipinski definition) is 4. The van der Waals surface area contributed by atoms with Crippen LogP contribution in [0.15, 0.2) is 36.4 Å². The third kappa shape index (κ3) is 4.54. The monoisotopic (exact) mass is 466 g/mol. The Morgan fingerprint density at radius 2 is 1.71 bits per heavy atom. The maximum atomic E-state index is 13.4. The van der Waals surface area contributed by atoms with E-state index in [0.29, 0.717) is 11.6 Å². The van der Waals surface area contributed by atoms with Crippen LogP contribution in [0.1, 0.15) is 48.8 Å². The van der Waals surface area contributed by atoms with Crippen molar-refractivity contribution in [2.75, 3.05) is 0 Å². The molecule has 1 aliphatic carbocycles. The van der Waals surface area contributed by atoms with Crippen molar-refractivity contribution in [3.05, 3.63) is 70.3 Å². The molecule has 31 heavy (non-hydrogen) atoms. The van der Waals surface area contributed by atoms with Crippen molar-refractivity contribution in [3.63, 3.8) is 0 Å². The molecule has 164 valence electrons. The Morgan fingerprint density at radius 1 is 0.968 bits per heavy atom. The molecule has 1 N–H and O–H groups in total. The fourth-order valence-corrected chi connectivity index (χ4v) is 4.62. The molecule has 9 heteroatoms. The Morgan fingerprint density at radius 3 is 2.45 bits per heavy atom. The predicted molar refractivity (Wildman–Crippen MR) is 116 cm³/mol. The number of hydrogen-bond donors (Lipinski definition) is 1. The lowest BCUT2D eigenvalue weighted by Gasteiger charge is -2.29. The van der Waals surface area contributed by atoms with Crippen molar-refractivity contribution in [1.29, 1.82) is 0 Å². The minimum atomic E-state index is -0.628. The van der Waals surface area contributed by atoms with Crippen LogP contribution in [-0.4, -0.2) is 20.9 Å². The van der Waals surface area contributed by atoms with Crippen LogP contribution in [0.2, 0.25) is 5.02 Å². The van der Waals surface area contributed by atoms with Crippen molar-refractivity contribution in [1.82, 2.24) is 20.1 Å². The number of benzene rings is 2. The minimum absolute atomic E-state index is 0. The lowest BCUT2D eigenvalue weighted by atomic mass is 9.86. The predicted octanol–water partition coefficient (Wildman–Crippen LogP) is 5.33. The molecule has 2 heterocycles. The van der Waals surface area contributed by atoms with Crippen LogP contribution >= 0.6 is 24.0 Å². The zero-order chi connectivity index (χ0) is 20.7. The molecule has 0 atom stereocenters. The molecule has 1 saturated carbocycles. The van der Waals surface area contributed by atoms with Gasteiger partial charge < -0.3 is 10.1 Å². The van der Waals surface area contributed by atoms with Gasteiger partial charge in [-0.2, -0.15) is 0 Å².